The van der Waals surface area contributed by atoms with E-state index in [1.165, 1.54) is 0 Å². The molecule has 3 rings (SSSR count). The van der Waals surface area contributed by atoms with Gasteiger partial charge >= 0.3 is 6.09 Å². The number of fused-ring (bicyclic) bond motifs is 1. The predicted octanol–water partition coefficient (Wildman–Crippen LogP) is 5.29. The zero-order chi connectivity index (χ0) is 21.3. The van der Waals surface area contributed by atoms with Crippen LogP contribution in [0.1, 0.15) is 45.7 Å². The molecule has 2 N–H and O–H groups in total. The van der Waals surface area contributed by atoms with Crippen LogP contribution >= 0.6 is 0 Å². The minimum atomic E-state index is -1.33. The number of aromatic amines is 1. The first-order chi connectivity index (χ1) is 13.5. The van der Waals surface area contributed by atoms with Crippen molar-refractivity contribution in [2.75, 3.05) is 5.32 Å². The third-order valence-electron chi connectivity index (χ3n) is 4.48. The fourth-order valence-corrected chi connectivity index (χ4v) is 4.16. The van der Waals surface area contributed by atoms with Gasteiger partial charge in [0.2, 0.25) is 5.95 Å². The molecular formula is C22H27N3O3S. The van der Waals surface area contributed by atoms with Crippen LogP contribution in [0.4, 0.5) is 10.7 Å². The molecule has 154 valence electrons. The number of ether oxygens (including phenoxy) is 1. The van der Waals surface area contributed by atoms with E-state index in [-0.39, 0.29) is 11.5 Å². The summed E-state index contributed by atoms with van der Waals surface area (Å²) in [7, 11) is -1.33. The number of aromatic nitrogens is 2. The molecule has 0 aliphatic rings. The van der Waals surface area contributed by atoms with Crippen molar-refractivity contribution in [2.24, 2.45) is 0 Å². The Labute approximate surface area is 173 Å². The van der Waals surface area contributed by atoms with E-state index in [1.807, 2.05) is 19.1 Å². The van der Waals surface area contributed by atoms with Crippen LogP contribution < -0.4 is 5.32 Å². The first kappa shape index (κ1) is 21.0. The van der Waals surface area contributed by atoms with E-state index in [4.69, 9.17) is 4.74 Å². The highest BCUT2D eigenvalue weighted by Gasteiger charge is 2.18. The van der Waals surface area contributed by atoms with E-state index in [2.05, 4.69) is 42.1 Å². The van der Waals surface area contributed by atoms with E-state index >= 15 is 0 Å². The monoisotopic (exact) mass is 413 g/mol. The molecule has 29 heavy (non-hydrogen) atoms. The van der Waals surface area contributed by atoms with E-state index in [9.17, 15) is 9.00 Å². The molecule has 0 aliphatic heterocycles. The summed E-state index contributed by atoms with van der Waals surface area (Å²) >= 11 is 0. The van der Waals surface area contributed by atoms with Crippen molar-refractivity contribution < 1.29 is 13.7 Å². The number of nitrogens with one attached hydrogen (secondary N) is 2. The fourth-order valence-electron chi connectivity index (χ4n) is 2.90. The second kappa shape index (κ2) is 7.99. The summed E-state index contributed by atoms with van der Waals surface area (Å²) in [4.78, 5) is 20.6. The molecule has 1 amide bonds. The van der Waals surface area contributed by atoms with Crippen LogP contribution in [-0.4, -0.2) is 26.4 Å². The van der Waals surface area contributed by atoms with Crippen LogP contribution in [0.3, 0.4) is 0 Å². The summed E-state index contributed by atoms with van der Waals surface area (Å²) in [5.74, 6) is 0.291. The molecule has 0 fully saturated rings. The fraction of sp³-hybridized carbons (Fsp3) is 0.364. The maximum absolute atomic E-state index is 13.3. The van der Waals surface area contributed by atoms with E-state index in [0.29, 0.717) is 21.9 Å². The molecule has 0 saturated heterocycles. The molecule has 1 heterocycles. The van der Waals surface area contributed by atoms with Crippen molar-refractivity contribution in [3.8, 4) is 0 Å². The molecule has 6 nitrogen and oxygen atoms in total. The highest BCUT2D eigenvalue weighted by Crippen LogP contribution is 2.29. The smallest absolute Gasteiger partial charge is 0.414 e. The maximum Gasteiger partial charge on any atom is 0.414 e. The van der Waals surface area contributed by atoms with Gasteiger partial charge in [-0.3, -0.25) is 5.32 Å². The zero-order valence-corrected chi connectivity index (χ0v) is 18.4. The summed E-state index contributed by atoms with van der Waals surface area (Å²) in [5.41, 5.74) is 3.47. The Kier molecular flexibility index (Phi) is 5.80. The van der Waals surface area contributed by atoms with E-state index in [0.717, 1.165) is 16.0 Å². The molecule has 1 aromatic heterocycles. The number of rotatable bonds is 4. The largest absolute Gasteiger partial charge is 0.447 e. The average Bonchev–Trinajstić information content (AvgIpc) is 3.00. The van der Waals surface area contributed by atoms with Gasteiger partial charge < -0.3 is 9.72 Å². The summed E-state index contributed by atoms with van der Waals surface area (Å²) < 4.78 is 18.3. The number of hydrogen-bond acceptors (Lipinski definition) is 4. The zero-order valence-electron chi connectivity index (χ0n) is 17.6. The third kappa shape index (κ3) is 4.85. The van der Waals surface area contributed by atoms with Gasteiger partial charge in [-0.1, -0.05) is 32.9 Å². The summed E-state index contributed by atoms with van der Waals surface area (Å²) in [6.07, 6.45) is -0.794. The van der Waals surface area contributed by atoms with Crippen LogP contribution in [0, 0.1) is 6.92 Å². The average molecular weight is 414 g/mol. The lowest BCUT2D eigenvalue weighted by Gasteiger charge is -2.20. The number of aryl methyl sites for hydroxylation is 1. The van der Waals surface area contributed by atoms with Crippen molar-refractivity contribution in [3.63, 3.8) is 0 Å². The molecule has 0 aliphatic carbocycles. The van der Waals surface area contributed by atoms with Gasteiger partial charge in [-0.2, -0.15) is 0 Å². The standard InChI is InChI=1S/C22H27N3O3S/c1-13(2)28-21(26)25-20-23-17-10-9-16(12-18(17)24-20)29(27)19-11-15(22(4,5)6)8-7-14(19)3/h7-13H,1-6H3,(H2,23,24,25,26). The maximum atomic E-state index is 13.3. The molecule has 2 aromatic carbocycles. The van der Waals surface area contributed by atoms with Crippen molar-refractivity contribution in [2.45, 2.75) is 62.9 Å². The number of benzene rings is 2. The Morgan fingerprint density at radius 2 is 1.90 bits per heavy atom. The van der Waals surface area contributed by atoms with Gasteiger partial charge in [0.25, 0.3) is 0 Å². The van der Waals surface area contributed by atoms with Crippen molar-refractivity contribution in [1.82, 2.24) is 9.97 Å². The molecule has 7 heteroatoms. The van der Waals surface area contributed by atoms with Gasteiger partial charge in [0.15, 0.2) is 0 Å². The minimum absolute atomic E-state index is 0.0227. The summed E-state index contributed by atoms with van der Waals surface area (Å²) in [5, 5.41) is 2.57. The van der Waals surface area contributed by atoms with Crippen LogP contribution in [0.15, 0.2) is 46.2 Å². The summed E-state index contributed by atoms with van der Waals surface area (Å²) in [6.45, 7) is 11.9. The predicted molar refractivity (Wildman–Crippen MR) is 116 cm³/mol. The molecular weight excluding hydrogens is 386 g/mol. The lowest BCUT2D eigenvalue weighted by molar-refractivity contribution is 0.130. The topological polar surface area (TPSA) is 84.1 Å². The second-order valence-electron chi connectivity index (χ2n) is 8.34. The number of anilines is 1. The summed E-state index contributed by atoms with van der Waals surface area (Å²) in [6, 6.07) is 11.5. The molecule has 1 unspecified atom stereocenters. The molecule has 1 atom stereocenters. The lowest BCUT2D eigenvalue weighted by Crippen LogP contribution is -2.18. The third-order valence-corrected chi connectivity index (χ3v) is 6.01. The molecule has 3 aromatic rings. The SMILES string of the molecule is Cc1ccc(C(C)(C)C)cc1S(=O)c1ccc2nc(NC(=O)OC(C)C)[nH]c2c1. The van der Waals surface area contributed by atoms with Crippen molar-refractivity contribution in [3.05, 3.63) is 47.5 Å². The molecule has 0 spiro atoms. The van der Waals surface area contributed by atoms with Crippen LogP contribution in [-0.2, 0) is 21.0 Å². The Hall–Kier alpha value is -2.67. The second-order valence-corrected chi connectivity index (χ2v) is 9.79. The van der Waals surface area contributed by atoms with Crippen LogP contribution in [0.25, 0.3) is 11.0 Å². The van der Waals surface area contributed by atoms with Crippen LogP contribution in [0.2, 0.25) is 0 Å². The quantitative estimate of drug-likeness (QED) is 0.608. The van der Waals surface area contributed by atoms with E-state index in [1.54, 1.807) is 32.0 Å². The normalized spacial score (nSPS) is 12.9. The number of H-pyrrole nitrogens is 1. The van der Waals surface area contributed by atoms with Gasteiger partial charge in [0.1, 0.15) is 0 Å². The molecule has 0 saturated carbocycles. The number of hydrogen-bond donors (Lipinski definition) is 2. The van der Waals surface area contributed by atoms with Crippen LogP contribution in [0.5, 0.6) is 0 Å². The van der Waals surface area contributed by atoms with Gasteiger partial charge in [-0.05, 0) is 61.6 Å². The Bertz CT molecular complexity index is 1080. The number of imidazole rings is 1. The van der Waals surface area contributed by atoms with Gasteiger partial charge in [0, 0.05) is 9.79 Å². The Morgan fingerprint density at radius 3 is 2.55 bits per heavy atom. The van der Waals surface area contributed by atoms with Gasteiger partial charge in [-0.15, -0.1) is 0 Å². The highest BCUT2D eigenvalue weighted by atomic mass is 32.2. The van der Waals surface area contributed by atoms with Gasteiger partial charge in [0.05, 0.1) is 27.9 Å². The first-order valence-electron chi connectivity index (χ1n) is 9.55. The lowest BCUT2D eigenvalue weighted by atomic mass is 9.87. The number of nitrogens with zero attached hydrogens (tertiary/aromatic N) is 1. The number of carbonyl (C=O) groups is 1. The highest BCUT2D eigenvalue weighted by molar-refractivity contribution is 7.85. The number of carbonyl (C=O) groups excluding carboxylic acids is 1. The first-order valence-corrected chi connectivity index (χ1v) is 10.7. The van der Waals surface area contributed by atoms with Gasteiger partial charge in [-0.25, -0.2) is 14.0 Å². The Balaban J connectivity index is 1.91. The Morgan fingerprint density at radius 1 is 1.17 bits per heavy atom. The molecule has 0 radical (unpaired) electrons. The number of amides is 1. The van der Waals surface area contributed by atoms with Crippen molar-refractivity contribution >= 4 is 33.9 Å². The van der Waals surface area contributed by atoms with Crippen molar-refractivity contribution in [1.29, 1.82) is 0 Å². The van der Waals surface area contributed by atoms with E-state index < -0.39 is 16.9 Å². The minimum Gasteiger partial charge on any atom is -0.447 e. The molecule has 0 bridgehead atoms.